The fraction of sp³-hybridized carbons (Fsp3) is 0.167. The van der Waals surface area contributed by atoms with Gasteiger partial charge >= 0.3 is 6.09 Å². The van der Waals surface area contributed by atoms with Crippen molar-refractivity contribution in [3.05, 3.63) is 36.0 Å². The first-order valence-corrected chi connectivity index (χ1v) is 5.49. The Morgan fingerprint density at radius 1 is 1.17 bits per heavy atom. The maximum absolute atomic E-state index is 11.7. The maximum Gasteiger partial charge on any atom is 0.404 e. The molecule has 0 aliphatic carbocycles. The minimum absolute atomic E-state index is 0.182. The summed E-state index contributed by atoms with van der Waals surface area (Å²) in [6, 6.07) is 9.34. The topological polar surface area (TPSA) is 94.2 Å². The van der Waals surface area contributed by atoms with Crippen LogP contribution in [-0.2, 0) is 0 Å². The summed E-state index contributed by atoms with van der Waals surface area (Å²) in [7, 11) is 0. The molecule has 1 heterocycles. The van der Waals surface area contributed by atoms with Crippen LogP contribution in [0.15, 0.2) is 30.3 Å². The zero-order chi connectivity index (χ0) is 13.0. The summed E-state index contributed by atoms with van der Waals surface area (Å²) >= 11 is 0. The van der Waals surface area contributed by atoms with Gasteiger partial charge in [0.05, 0.1) is 0 Å². The van der Waals surface area contributed by atoms with Gasteiger partial charge in [-0.1, -0.05) is 18.2 Å². The van der Waals surface area contributed by atoms with E-state index in [-0.39, 0.29) is 19.0 Å². The zero-order valence-corrected chi connectivity index (χ0v) is 9.56. The largest absolute Gasteiger partial charge is 0.465 e. The van der Waals surface area contributed by atoms with Gasteiger partial charge in [-0.15, -0.1) is 0 Å². The van der Waals surface area contributed by atoms with Gasteiger partial charge in [0.2, 0.25) is 0 Å². The number of nitrogens with one attached hydrogen (secondary N) is 3. The van der Waals surface area contributed by atoms with E-state index in [9.17, 15) is 9.59 Å². The molecule has 0 spiro atoms. The molecule has 2 amide bonds. The molecular formula is C12H13N3O3. The predicted molar refractivity (Wildman–Crippen MR) is 66.7 cm³/mol. The molecular weight excluding hydrogens is 234 g/mol. The number of hydrogen-bond donors (Lipinski definition) is 4. The second-order valence-electron chi connectivity index (χ2n) is 3.76. The molecule has 0 aliphatic heterocycles. The van der Waals surface area contributed by atoms with Gasteiger partial charge in [-0.2, -0.15) is 0 Å². The molecule has 0 atom stereocenters. The van der Waals surface area contributed by atoms with Crippen molar-refractivity contribution in [3.8, 4) is 0 Å². The van der Waals surface area contributed by atoms with Crippen LogP contribution < -0.4 is 10.6 Å². The van der Waals surface area contributed by atoms with Crippen LogP contribution in [0.2, 0.25) is 0 Å². The van der Waals surface area contributed by atoms with Crippen molar-refractivity contribution < 1.29 is 14.7 Å². The summed E-state index contributed by atoms with van der Waals surface area (Å²) in [4.78, 5) is 24.9. The van der Waals surface area contributed by atoms with Crippen molar-refractivity contribution in [2.45, 2.75) is 0 Å². The first-order chi connectivity index (χ1) is 8.66. The quantitative estimate of drug-likeness (QED) is 0.611. The number of benzene rings is 1. The molecule has 0 radical (unpaired) electrons. The van der Waals surface area contributed by atoms with Crippen LogP contribution in [0.3, 0.4) is 0 Å². The summed E-state index contributed by atoms with van der Waals surface area (Å²) in [5.41, 5.74) is 1.36. The summed E-state index contributed by atoms with van der Waals surface area (Å²) in [6.07, 6.45) is -1.10. The number of para-hydroxylation sites is 1. The number of aromatic amines is 1. The molecule has 6 nitrogen and oxygen atoms in total. The van der Waals surface area contributed by atoms with Crippen LogP contribution in [0.1, 0.15) is 10.5 Å². The number of carbonyl (C=O) groups excluding carboxylic acids is 1. The van der Waals surface area contributed by atoms with E-state index in [0.717, 1.165) is 10.9 Å². The average molecular weight is 247 g/mol. The van der Waals surface area contributed by atoms with Crippen LogP contribution in [0, 0.1) is 0 Å². The minimum atomic E-state index is -1.10. The standard InChI is InChI=1S/C12H13N3O3/c16-11(13-5-6-14-12(17)18)10-7-8-3-1-2-4-9(8)15-10/h1-4,7,14-15H,5-6H2,(H,13,16)(H,17,18). The molecule has 0 bridgehead atoms. The molecule has 2 aromatic rings. The fourth-order valence-corrected chi connectivity index (χ4v) is 1.64. The van der Waals surface area contributed by atoms with Gasteiger partial charge < -0.3 is 20.7 Å². The second kappa shape index (κ2) is 5.22. The van der Waals surface area contributed by atoms with Crippen LogP contribution in [0.5, 0.6) is 0 Å². The van der Waals surface area contributed by atoms with E-state index in [1.807, 2.05) is 24.3 Å². The van der Waals surface area contributed by atoms with E-state index in [2.05, 4.69) is 15.6 Å². The lowest BCUT2D eigenvalue weighted by Crippen LogP contribution is -2.34. The van der Waals surface area contributed by atoms with Crippen LogP contribution in [0.25, 0.3) is 10.9 Å². The summed E-state index contributed by atoms with van der Waals surface area (Å²) < 4.78 is 0. The van der Waals surface area contributed by atoms with Crippen LogP contribution >= 0.6 is 0 Å². The number of amides is 2. The average Bonchev–Trinajstić information content (AvgIpc) is 2.78. The van der Waals surface area contributed by atoms with E-state index >= 15 is 0 Å². The molecule has 0 saturated heterocycles. The Morgan fingerprint density at radius 3 is 2.61 bits per heavy atom. The van der Waals surface area contributed by atoms with E-state index in [0.29, 0.717) is 5.69 Å². The van der Waals surface area contributed by atoms with Crippen molar-refractivity contribution in [2.75, 3.05) is 13.1 Å². The van der Waals surface area contributed by atoms with Crippen molar-refractivity contribution in [1.29, 1.82) is 0 Å². The number of H-pyrrole nitrogens is 1. The maximum atomic E-state index is 11.7. The molecule has 1 aromatic carbocycles. The highest BCUT2D eigenvalue weighted by Crippen LogP contribution is 2.14. The Kier molecular flexibility index (Phi) is 3.47. The van der Waals surface area contributed by atoms with E-state index in [4.69, 9.17) is 5.11 Å². The van der Waals surface area contributed by atoms with Crippen molar-refractivity contribution in [3.63, 3.8) is 0 Å². The number of carbonyl (C=O) groups is 2. The Balaban J connectivity index is 1.94. The lowest BCUT2D eigenvalue weighted by molar-refractivity contribution is 0.0949. The third kappa shape index (κ3) is 2.79. The Labute approximate surface area is 103 Å². The van der Waals surface area contributed by atoms with Gasteiger partial charge in [0.15, 0.2) is 0 Å². The van der Waals surface area contributed by atoms with Crippen molar-refractivity contribution in [1.82, 2.24) is 15.6 Å². The normalized spacial score (nSPS) is 10.2. The second-order valence-corrected chi connectivity index (χ2v) is 3.76. The highest BCUT2D eigenvalue weighted by Gasteiger charge is 2.08. The molecule has 0 saturated carbocycles. The predicted octanol–water partition coefficient (Wildman–Crippen LogP) is 1.17. The van der Waals surface area contributed by atoms with E-state index in [1.54, 1.807) is 6.07 Å². The van der Waals surface area contributed by atoms with Gasteiger partial charge in [-0.3, -0.25) is 4.79 Å². The van der Waals surface area contributed by atoms with Crippen LogP contribution in [-0.4, -0.2) is 35.2 Å². The molecule has 1 aromatic heterocycles. The highest BCUT2D eigenvalue weighted by atomic mass is 16.4. The summed E-state index contributed by atoms with van der Waals surface area (Å²) in [5.74, 6) is -0.251. The number of rotatable bonds is 4. The molecule has 2 rings (SSSR count). The number of hydrogen-bond acceptors (Lipinski definition) is 2. The zero-order valence-electron chi connectivity index (χ0n) is 9.56. The molecule has 6 heteroatoms. The SMILES string of the molecule is O=C(O)NCCNC(=O)c1cc2ccccc2[nH]1. The first kappa shape index (κ1) is 12.0. The molecule has 0 unspecified atom stereocenters. The van der Waals surface area contributed by atoms with Gasteiger partial charge in [-0.25, -0.2) is 4.79 Å². The lowest BCUT2D eigenvalue weighted by atomic mass is 10.2. The molecule has 4 N–H and O–H groups in total. The number of fused-ring (bicyclic) bond motifs is 1. The Hall–Kier alpha value is -2.50. The third-order valence-electron chi connectivity index (χ3n) is 2.46. The minimum Gasteiger partial charge on any atom is -0.465 e. The highest BCUT2D eigenvalue weighted by molar-refractivity contribution is 5.97. The summed E-state index contributed by atoms with van der Waals surface area (Å²) in [6.45, 7) is 0.432. The summed E-state index contributed by atoms with van der Waals surface area (Å²) in [5, 5.41) is 14.1. The van der Waals surface area contributed by atoms with Gasteiger partial charge in [0.1, 0.15) is 5.69 Å². The Bertz CT molecular complexity index is 544. The van der Waals surface area contributed by atoms with Gasteiger partial charge in [-0.05, 0) is 12.1 Å². The van der Waals surface area contributed by atoms with Crippen LogP contribution in [0.4, 0.5) is 4.79 Å². The van der Waals surface area contributed by atoms with E-state index in [1.165, 1.54) is 0 Å². The van der Waals surface area contributed by atoms with Crippen molar-refractivity contribution >= 4 is 22.9 Å². The number of aromatic nitrogens is 1. The molecule has 0 aliphatic rings. The van der Waals surface area contributed by atoms with Gasteiger partial charge in [0.25, 0.3) is 5.91 Å². The van der Waals surface area contributed by atoms with Crippen molar-refractivity contribution in [2.24, 2.45) is 0 Å². The number of carboxylic acid groups (broad SMARTS) is 1. The molecule has 18 heavy (non-hydrogen) atoms. The molecule has 94 valence electrons. The smallest absolute Gasteiger partial charge is 0.404 e. The van der Waals surface area contributed by atoms with Gasteiger partial charge in [0, 0.05) is 24.0 Å². The van der Waals surface area contributed by atoms with E-state index < -0.39 is 6.09 Å². The Morgan fingerprint density at radius 2 is 1.89 bits per heavy atom. The third-order valence-corrected chi connectivity index (χ3v) is 2.46. The molecule has 0 fully saturated rings. The lowest BCUT2D eigenvalue weighted by Gasteiger charge is -2.03. The first-order valence-electron chi connectivity index (χ1n) is 5.49. The monoisotopic (exact) mass is 247 g/mol. The fourth-order valence-electron chi connectivity index (χ4n) is 1.64.